The Kier molecular flexibility index (Phi) is 4.69. The number of rotatable bonds is 4. The van der Waals surface area contributed by atoms with Crippen molar-refractivity contribution < 1.29 is 10.2 Å². The van der Waals surface area contributed by atoms with Crippen molar-refractivity contribution in [1.29, 1.82) is 0 Å². The van der Waals surface area contributed by atoms with E-state index in [2.05, 4.69) is 0 Å². The third-order valence-corrected chi connectivity index (χ3v) is 2.74. The minimum absolute atomic E-state index is 0.145. The van der Waals surface area contributed by atoms with Crippen LogP contribution in [0.4, 0.5) is 0 Å². The number of hydrogen-bond donors (Lipinski definition) is 2. The zero-order valence-corrected chi connectivity index (χ0v) is 9.04. The van der Waals surface area contributed by atoms with E-state index in [1.165, 1.54) is 0 Å². The van der Waals surface area contributed by atoms with Gasteiger partial charge in [0.25, 0.3) is 0 Å². The van der Waals surface area contributed by atoms with Crippen molar-refractivity contribution in [3.05, 3.63) is 35.4 Å². The minimum Gasteiger partial charge on any atom is -0.394 e. The summed E-state index contributed by atoms with van der Waals surface area (Å²) in [5, 5.41) is 16.9. The first-order valence-corrected chi connectivity index (χ1v) is 5.16. The van der Waals surface area contributed by atoms with Gasteiger partial charge in [-0.15, -0.1) is 23.2 Å². The molecule has 2 atom stereocenters. The summed E-state index contributed by atoms with van der Waals surface area (Å²) in [5.74, 6) is 0. The summed E-state index contributed by atoms with van der Waals surface area (Å²) in [5.41, 5.74) is 1.54. The Labute approximate surface area is 93.1 Å². The first kappa shape index (κ1) is 11.8. The Balaban J connectivity index is 3.02. The molecule has 4 heteroatoms. The van der Waals surface area contributed by atoms with Gasteiger partial charge in [0.05, 0.1) is 24.0 Å². The summed E-state index contributed by atoms with van der Waals surface area (Å²) in [6.07, 6.45) is 0. The van der Waals surface area contributed by atoms with E-state index in [0.717, 1.165) is 11.1 Å². The maximum absolute atomic E-state index is 8.93. The molecule has 1 aromatic rings. The summed E-state index contributed by atoms with van der Waals surface area (Å²) in [4.78, 5) is 0. The van der Waals surface area contributed by atoms with E-state index in [1.54, 1.807) is 12.1 Å². The van der Waals surface area contributed by atoms with E-state index in [9.17, 15) is 0 Å². The van der Waals surface area contributed by atoms with Crippen LogP contribution in [0.15, 0.2) is 24.3 Å². The molecule has 1 rings (SSSR count). The summed E-state index contributed by atoms with van der Waals surface area (Å²) < 4.78 is 0. The highest BCUT2D eigenvalue weighted by Gasteiger charge is 2.16. The molecule has 0 spiro atoms. The van der Waals surface area contributed by atoms with Crippen molar-refractivity contribution in [1.82, 2.24) is 0 Å². The Morgan fingerprint density at radius 3 is 1.57 bits per heavy atom. The molecule has 0 heterocycles. The van der Waals surface area contributed by atoms with E-state index in [0.29, 0.717) is 0 Å². The molecule has 0 aliphatic heterocycles. The molecule has 0 bridgehead atoms. The molecule has 14 heavy (non-hydrogen) atoms. The SMILES string of the molecule is OCC(Cl)c1ccccc1C(Cl)CO. The van der Waals surface area contributed by atoms with Gasteiger partial charge in [-0.05, 0) is 11.1 Å². The lowest BCUT2D eigenvalue weighted by molar-refractivity contribution is 0.287. The molecule has 2 N–H and O–H groups in total. The molecule has 0 aromatic heterocycles. The molecule has 0 aliphatic rings. The highest BCUT2D eigenvalue weighted by atomic mass is 35.5. The second-order valence-electron chi connectivity index (χ2n) is 2.93. The summed E-state index contributed by atoms with van der Waals surface area (Å²) in [7, 11) is 0. The van der Waals surface area contributed by atoms with E-state index in [1.807, 2.05) is 12.1 Å². The van der Waals surface area contributed by atoms with Crippen LogP contribution in [0.3, 0.4) is 0 Å². The molecule has 0 radical (unpaired) electrons. The van der Waals surface area contributed by atoms with Gasteiger partial charge in [-0.2, -0.15) is 0 Å². The number of halogens is 2. The molecule has 2 unspecified atom stereocenters. The molecule has 0 saturated heterocycles. The molecular weight excluding hydrogens is 223 g/mol. The van der Waals surface area contributed by atoms with Crippen LogP contribution in [0, 0.1) is 0 Å². The molecule has 78 valence electrons. The van der Waals surface area contributed by atoms with Gasteiger partial charge in [-0.3, -0.25) is 0 Å². The predicted molar refractivity (Wildman–Crippen MR) is 57.8 cm³/mol. The second-order valence-corrected chi connectivity index (χ2v) is 3.98. The fourth-order valence-electron chi connectivity index (χ4n) is 1.28. The fourth-order valence-corrected chi connectivity index (χ4v) is 1.68. The largest absolute Gasteiger partial charge is 0.394 e. The molecular formula is C10H12Cl2O2. The van der Waals surface area contributed by atoms with Crippen molar-refractivity contribution in [2.75, 3.05) is 13.2 Å². The Morgan fingerprint density at radius 1 is 0.929 bits per heavy atom. The molecule has 0 fully saturated rings. The van der Waals surface area contributed by atoms with Crippen LogP contribution in [0.1, 0.15) is 21.9 Å². The smallest absolute Gasteiger partial charge is 0.0819 e. The average molecular weight is 235 g/mol. The van der Waals surface area contributed by atoms with Gasteiger partial charge in [0.15, 0.2) is 0 Å². The first-order chi connectivity index (χ1) is 6.70. The van der Waals surface area contributed by atoms with Crippen LogP contribution in [-0.4, -0.2) is 23.4 Å². The molecule has 1 aromatic carbocycles. The third-order valence-electron chi connectivity index (χ3n) is 1.99. The normalized spacial score (nSPS) is 15.1. The number of hydrogen-bond acceptors (Lipinski definition) is 2. The standard InChI is InChI=1S/C10H12Cl2O2/c11-9(5-13)7-3-1-2-4-8(7)10(12)6-14/h1-4,9-10,13-14H,5-6H2. The van der Waals surface area contributed by atoms with Gasteiger partial charge in [-0.25, -0.2) is 0 Å². The quantitative estimate of drug-likeness (QED) is 0.785. The van der Waals surface area contributed by atoms with Gasteiger partial charge in [0, 0.05) is 0 Å². The lowest BCUT2D eigenvalue weighted by atomic mass is 10.0. The molecule has 0 aliphatic carbocycles. The van der Waals surface area contributed by atoms with E-state index in [-0.39, 0.29) is 13.2 Å². The van der Waals surface area contributed by atoms with Gasteiger partial charge < -0.3 is 10.2 Å². The Hall–Kier alpha value is -0.280. The van der Waals surface area contributed by atoms with Crippen molar-refractivity contribution >= 4 is 23.2 Å². The second kappa shape index (κ2) is 5.56. The molecule has 0 saturated carbocycles. The topological polar surface area (TPSA) is 40.5 Å². The Morgan fingerprint density at radius 2 is 1.29 bits per heavy atom. The number of aliphatic hydroxyl groups excluding tert-OH is 2. The average Bonchev–Trinajstić information content (AvgIpc) is 2.27. The zero-order chi connectivity index (χ0) is 10.6. The predicted octanol–water partition coefficient (Wildman–Crippen LogP) is 2.23. The van der Waals surface area contributed by atoms with Crippen LogP contribution >= 0.6 is 23.2 Å². The first-order valence-electron chi connectivity index (χ1n) is 4.29. The highest BCUT2D eigenvalue weighted by molar-refractivity contribution is 6.22. The lowest BCUT2D eigenvalue weighted by Crippen LogP contribution is -2.05. The van der Waals surface area contributed by atoms with Crippen LogP contribution in [0.25, 0.3) is 0 Å². The van der Waals surface area contributed by atoms with Crippen molar-refractivity contribution in [2.24, 2.45) is 0 Å². The molecule has 2 nitrogen and oxygen atoms in total. The summed E-state index contributed by atoms with van der Waals surface area (Å²) >= 11 is 11.8. The van der Waals surface area contributed by atoms with Crippen LogP contribution in [0.2, 0.25) is 0 Å². The number of aliphatic hydroxyl groups is 2. The highest BCUT2D eigenvalue weighted by Crippen LogP contribution is 2.30. The Bertz CT molecular complexity index is 262. The third kappa shape index (κ3) is 2.61. The lowest BCUT2D eigenvalue weighted by Gasteiger charge is -2.15. The van der Waals surface area contributed by atoms with Crippen LogP contribution < -0.4 is 0 Å². The minimum atomic E-state index is -0.473. The van der Waals surface area contributed by atoms with E-state index < -0.39 is 10.8 Å². The van der Waals surface area contributed by atoms with Crippen molar-refractivity contribution in [3.8, 4) is 0 Å². The maximum Gasteiger partial charge on any atom is 0.0819 e. The zero-order valence-electron chi connectivity index (χ0n) is 7.53. The maximum atomic E-state index is 8.93. The summed E-state index contributed by atoms with van der Waals surface area (Å²) in [6, 6.07) is 7.25. The van der Waals surface area contributed by atoms with Gasteiger partial charge >= 0.3 is 0 Å². The van der Waals surface area contributed by atoms with E-state index >= 15 is 0 Å². The van der Waals surface area contributed by atoms with Crippen LogP contribution in [0.5, 0.6) is 0 Å². The molecule has 0 amide bonds. The summed E-state index contributed by atoms with van der Waals surface area (Å²) in [6.45, 7) is -0.290. The van der Waals surface area contributed by atoms with E-state index in [4.69, 9.17) is 33.4 Å². The van der Waals surface area contributed by atoms with Crippen molar-refractivity contribution in [2.45, 2.75) is 10.8 Å². The van der Waals surface area contributed by atoms with Gasteiger partial charge in [-0.1, -0.05) is 24.3 Å². The van der Waals surface area contributed by atoms with Crippen molar-refractivity contribution in [3.63, 3.8) is 0 Å². The number of benzene rings is 1. The van der Waals surface area contributed by atoms with Gasteiger partial charge in [0.2, 0.25) is 0 Å². The van der Waals surface area contributed by atoms with Gasteiger partial charge in [0.1, 0.15) is 0 Å². The monoisotopic (exact) mass is 234 g/mol. The number of alkyl halides is 2. The van der Waals surface area contributed by atoms with Crippen LogP contribution in [-0.2, 0) is 0 Å². The fraction of sp³-hybridized carbons (Fsp3) is 0.400.